The Morgan fingerprint density at radius 2 is 1.96 bits per heavy atom. The van der Waals surface area contributed by atoms with Crippen LogP contribution in [0.4, 0.5) is 0 Å². The van der Waals surface area contributed by atoms with E-state index in [9.17, 15) is 4.79 Å². The molecular weight excluding hydrogens is 316 g/mol. The molecule has 1 amide bonds. The summed E-state index contributed by atoms with van der Waals surface area (Å²) in [4.78, 5) is 20.6. The molecule has 0 N–H and O–H groups in total. The van der Waals surface area contributed by atoms with E-state index >= 15 is 0 Å². The number of amides is 1. The molecule has 0 aliphatic heterocycles. The Morgan fingerprint density at radius 3 is 2.67 bits per heavy atom. The molecule has 0 radical (unpaired) electrons. The highest BCUT2D eigenvalue weighted by Gasteiger charge is 2.17. The highest BCUT2D eigenvalue weighted by Crippen LogP contribution is 2.23. The molecule has 3 rings (SSSR count). The number of hydrogen-bond acceptors (Lipinski definition) is 3. The highest BCUT2D eigenvalue weighted by molar-refractivity contribution is 7.09. The molecule has 3 aromatic rings. The van der Waals surface area contributed by atoms with Gasteiger partial charge in [-0.2, -0.15) is 0 Å². The zero-order valence-corrected chi connectivity index (χ0v) is 15.2. The Bertz CT molecular complexity index is 855. The molecule has 4 heteroatoms. The highest BCUT2D eigenvalue weighted by atomic mass is 32.1. The van der Waals surface area contributed by atoms with Gasteiger partial charge in [0.25, 0.3) is 0 Å². The minimum absolute atomic E-state index is 0.161. The second-order valence-electron chi connectivity index (χ2n) is 5.98. The molecule has 3 nitrogen and oxygen atoms in total. The largest absolute Gasteiger partial charge is 0.338 e. The number of nitrogens with zero attached hydrogens (tertiary/aromatic N) is 2. The SMILES string of the molecule is CCN(Cc1cccs1)C(=O)Cc1c(C)nc2ccccc2c1C. The Hall–Kier alpha value is -2.20. The van der Waals surface area contributed by atoms with Crippen molar-refractivity contribution in [3.05, 3.63) is 63.5 Å². The molecule has 0 fully saturated rings. The first-order valence-corrected chi connectivity index (χ1v) is 9.13. The predicted octanol–water partition coefficient (Wildman–Crippen LogP) is 4.50. The fraction of sp³-hybridized carbons (Fsp3) is 0.300. The van der Waals surface area contributed by atoms with Crippen molar-refractivity contribution in [2.24, 2.45) is 0 Å². The normalized spacial score (nSPS) is 11.0. The number of pyridine rings is 1. The number of aromatic nitrogens is 1. The number of hydrogen-bond donors (Lipinski definition) is 0. The van der Waals surface area contributed by atoms with E-state index in [1.807, 2.05) is 43.0 Å². The maximum atomic E-state index is 12.8. The van der Waals surface area contributed by atoms with Crippen molar-refractivity contribution in [1.82, 2.24) is 9.88 Å². The first kappa shape index (κ1) is 16.7. The number of thiophene rings is 1. The lowest BCUT2D eigenvalue weighted by Crippen LogP contribution is -2.31. The van der Waals surface area contributed by atoms with Crippen LogP contribution in [0.5, 0.6) is 0 Å². The summed E-state index contributed by atoms with van der Waals surface area (Å²) in [6, 6.07) is 12.2. The van der Waals surface area contributed by atoms with Gasteiger partial charge in [0.05, 0.1) is 18.5 Å². The molecule has 2 heterocycles. The van der Waals surface area contributed by atoms with E-state index in [4.69, 9.17) is 0 Å². The standard InChI is InChI=1S/C20H22N2OS/c1-4-22(13-16-8-7-11-24-16)20(23)12-18-14(2)17-9-5-6-10-19(17)21-15(18)3/h5-11H,4,12-13H2,1-3H3. The molecule has 0 aliphatic carbocycles. The van der Waals surface area contributed by atoms with Crippen molar-refractivity contribution < 1.29 is 4.79 Å². The Kier molecular flexibility index (Phi) is 4.95. The zero-order valence-electron chi connectivity index (χ0n) is 14.4. The molecule has 0 unspecified atom stereocenters. The minimum atomic E-state index is 0.161. The number of carbonyl (C=O) groups is 1. The van der Waals surface area contributed by atoms with Crippen molar-refractivity contribution in [1.29, 1.82) is 0 Å². The lowest BCUT2D eigenvalue weighted by atomic mass is 9.99. The summed E-state index contributed by atoms with van der Waals surface area (Å²) in [5.41, 5.74) is 4.17. The average molecular weight is 338 g/mol. The molecule has 0 bridgehead atoms. The van der Waals surface area contributed by atoms with Gasteiger partial charge >= 0.3 is 0 Å². The quantitative estimate of drug-likeness (QED) is 0.686. The van der Waals surface area contributed by atoms with Gasteiger partial charge in [0.15, 0.2) is 0 Å². The maximum Gasteiger partial charge on any atom is 0.227 e. The van der Waals surface area contributed by atoms with E-state index in [1.165, 1.54) is 10.4 Å². The fourth-order valence-corrected chi connectivity index (χ4v) is 3.78. The van der Waals surface area contributed by atoms with Gasteiger partial charge in [0, 0.05) is 22.5 Å². The zero-order chi connectivity index (χ0) is 17.1. The van der Waals surface area contributed by atoms with Crippen LogP contribution in [0.3, 0.4) is 0 Å². The molecule has 2 aromatic heterocycles. The van der Waals surface area contributed by atoms with Crippen LogP contribution >= 0.6 is 11.3 Å². The summed E-state index contributed by atoms with van der Waals surface area (Å²) < 4.78 is 0. The molecule has 0 spiro atoms. The predicted molar refractivity (Wildman–Crippen MR) is 100 cm³/mol. The van der Waals surface area contributed by atoms with Gasteiger partial charge in [-0.05, 0) is 49.4 Å². The van der Waals surface area contributed by atoms with Gasteiger partial charge in [-0.25, -0.2) is 0 Å². The number of likely N-dealkylation sites (N-methyl/N-ethyl adjacent to an activating group) is 1. The number of carbonyl (C=O) groups excluding carboxylic acids is 1. The summed E-state index contributed by atoms with van der Waals surface area (Å²) in [5.74, 6) is 0.161. The van der Waals surface area contributed by atoms with Crippen LogP contribution in [0, 0.1) is 13.8 Å². The van der Waals surface area contributed by atoms with Gasteiger partial charge < -0.3 is 4.90 Å². The summed E-state index contributed by atoms with van der Waals surface area (Å²) in [5, 5.41) is 3.18. The van der Waals surface area contributed by atoms with Crippen LogP contribution < -0.4 is 0 Å². The smallest absolute Gasteiger partial charge is 0.227 e. The van der Waals surface area contributed by atoms with Crippen molar-refractivity contribution >= 4 is 28.1 Å². The lowest BCUT2D eigenvalue weighted by molar-refractivity contribution is -0.130. The summed E-state index contributed by atoms with van der Waals surface area (Å²) in [6.45, 7) is 7.53. The van der Waals surface area contributed by atoms with E-state index in [0.29, 0.717) is 13.0 Å². The molecule has 0 saturated carbocycles. The first-order chi connectivity index (χ1) is 11.6. The monoisotopic (exact) mass is 338 g/mol. The van der Waals surface area contributed by atoms with Crippen molar-refractivity contribution in [3.8, 4) is 0 Å². The molecule has 24 heavy (non-hydrogen) atoms. The molecule has 124 valence electrons. The summed E-state index contributed by atoms with van der Waals surface area (Å²) >= 11 is 1.69. The van der Waals surface area contributed by atoms with Gasteiger partial charge in [-0.15, -0.1) is 11.3 Å². The number of para-hydroxylation sites is 1. The number of benzene rings is 1. The first-order valence-electron chi connectivity index (χ1n) is 8.25. The van der Waals surface area contributed by atoms with E-state index in [1.54, 1.807) is 11.3 Å². The van der Waals surface area contributed by atoms with Crippen LogP contribution in [0.15, 0.2) is 41.8 Å². The number of rotatable bonds is 5. The molecule has 1 aromatic carbocycles. The van der Waals surface area contributed by atoms with E-state index in [-0.39, 0.29) is 5.91 Å². The van der Waals surface area contributed by atoms with Crippen LogP contribution in [0.25, 0.3) is 10.9 Å². The summed E-state index contributed by atoms with van der Waals surface area (Å²) in [6.07, 6.45) is 0.411. The van der Waals surface area contributed by atoms with Crippen molar-refractivity contribution in [2.75, 3.05) is 6.54 Å². The molecular formula is C20H22N2OS. The van der Waals surface area contributed by atoms with Gasteiger partial charge in [0.2, 0.25) is 5.91 Å². The third-order valence-corrected chi connectivity index (χ3v) is 5.34. The van der Waals surface area contributed by atoms with Crippen LogP contribution in [0.1, 0.15) is 28.6 Å². The van der Waals surface area contributed by atoms with E-state index in [0.717, 1.165) is 28.7 Å². The van der Waals surface area contributed by atoms with Crippen LogP contribution in [-0.4, -0.2) is 22.3 Å². The van der Waals surface area contributed by atoms with Gasteiger partial charge in [-0.3, -0.25) is 9.78 Å². The Morgan fingerprint density at radius 1 is 1.17 bits per heavy atom. The average Bonchev–Trinajstić information content (AvgIpc) is 3.09. The maximum absolute atomic E-state index is 12.8. The molecule has 0 aliphatic rings. The minimum Gasteiger partial charge on any atom is -0.338 e. The third-order valence-electron chi connectivity index (χ3n) is 4.47. The second kappa shape index (κ2) is 7.14. The molecule has 0 saturated heterocycles. The number of fused-ring (bicyclic) bond motifs is 1. The van der Waals surface area contributed by atoms with E-state index < -0.39 is 0 Å². The molecule has 0 atom stereocenters. The van der Waals surface area contributed by atoms with Crippen LogP contribution in [0.2, 0.25) is 0 Å². The fourth-order valence-electron chi connectivity index (χ4n) is 3.06. The van der Waals surface area contributed by atoms with Crippen molar-refractivity contribution in [2.45, 2.75) is 33.7 Å². The van der Waals surface area contributed by atoms with Gasteiger partial charge in [-0.1, -0.05) is 24.3 Å². The Labute approximate surface area is 147 Å². The number of aryl methyl sites for hydroxylation is 2. The van der Waals surface area contributed by atoms with E-state index in [2.05, 4.69) is 29.4 Å². The van der Waals surface area contributed by atoms with Crippen molar-refractivity contribution in [3.63, 3.8) is 0 Å². The second-order valence-corrected chi connectivity index (χ2v) is 7.01. The topological polar surface area (TPSA) is 33.2 Å². The van der Waals surface area contributed by atoms with Gasteiger partial charge in [0.1, 0.15) is 0 Å². The summed E-state index contributed by atoms with van der Waals surface area (Å²) in [7, 11) is 0. The lowest BCUT2D eigenvalue weighted by Gasteiger charge is -2.21. The Balaban J connectivity index is 1.86. The van der Waals surface area contributed by atoms with Crippen LogP contribution in [-0.2, 0) is 17.8 Å². The third kappa shape index (κ3) is 3.34.